The Bertz CT molecular complexity index is 236. The zero-order valence-electron chi connectivity index (χ0n) is 11.2. The Morgan fingerprint density at radius 2 is 2.12 bits per heavy atom. The third kappa shape index (κ3) is 3.21. The fourth-order valence-electron chi connectivity index (χ4n) is 2.63. The van der Waals surface area contributed by atoms with Gasteiger partial charge in [-0.3, -0.25) is 4.79 Å². The highest BCUT2D eigenvalue weighted by Gasteiger charge is 2.36. The molecule has 0 aromatic carbocycles. The van der Waals surface area contributed by atoms with Crippen molar-refractivity contribution in [2.24, 2.45) is 5.92 Å². The van der Waals surface area contributed by atoms with Crippen molar-refractivity contribution in [1.82, 2.24) is 10.2 Å². The molecule has 3 heteroatoms. The molecule has 3 nitrogen and oxygen atoms in total. The van der Waals surface area contributed by atoms with Gasteiger partial charge in [0, 0.05) is 19.5 Å². The minimum Gasteiger partial charge on any atom is -0.336 e. The highest BCUT2D eigenvalue weighted by Crippen LogP contribution is 2.28. The van der Waals surface area contributed by atoms with Crippen LogP contribution in [0, 0.1) is 5.92 Å². The molecule has 16 heavy (non-hydrogen) atoms. The Hall–Kier alpha value is -0.570. The lowest BCUT2D eigenvalue weighted by Gasteiger charge is -2.45. The van der Waals surface area contributed by atoms with E-state index in [4.69, 9.17) is 0 Å². The van der Waals surface area contributed by atoms with Crippen LogP contribution in [0.4, 0.5) is 0 Å². The topological polar surface area (TPSA) is 32.3 Å². The quantitative estimate of drug-likeness (QED) is 0.795. The van der Waals surface area contributed by atoms with Crippen LogP contribution in [0.1, 0.15) is 46.5 Å². The minimum atomic E-state index is 0.0268. The predicted octanol–water partition coefficient (Wildman–Crippen LogP) is 2.02. The van der Waals surface area contributed by atoms with Gasteiger partial charge < -0.3 is 10.2 Å². The number of carbonyl (C=O) groups excluding carboxylic acids is 1. The van der Waals surface area contributed by atoms with E-state index in [-0.39, 0.29) is 5.54 Å². The number of likely N-dealkylation sites (N-methyl/N-ethyl adjacent to an activating group) is 1. The van der Waals surface area contributed by atoms with Crippen LogP contribution in [0.15, 0.2) is 0 Å². The summed E-state index contributed by atoms with van der Waals surface area (Å²) in [7, 11) is 1.96. The second-order valence-electron chi connectivity index (χ2n) is 5.63. The lowest BCUT2D eigenvalue weighted by atomic mass is 9.87. The van der Waals surface area contributed by atoms with Gasteiger partial charge in [0.05, 0.1) is 5.54 Å². The Balaban J connectivity index is 2.69. The van der Waals surface area contributed by atoms with Crippen LogP contribution in [0.25, 0.3) is 0 Å². The molecule has 1 heterocycles. The summed E-state index contributed by atoms with van der Waals surface area (Å²) in [6, 6.07) is 0. The smallest absolute Gasteiger partial charge is 0.223 e. The molecule has 1 saturated heterocycles. The van der Waals surface area contributed by atoms with E-state index < -0.39 is 0 Å². The number of nitrogens with zero attached hydrogens (tertiary/aromatic N) is 1. The van der Waals surface area contributed by atoms with E-state index >= 15 is 0 Å². The van der Waals surface area contributed by atoms with E-state index in [1.807, 2.05) is 7.05 Å². The van der Waals surface area contributed by atoms with Crippen LogP contribution in [0.5, 0.6) is 0 Å². The summed E-state index contributed by atoms with van der Waals surface area (Å²) in [6.45, 7) is 8.26. The molecule has 1 N–H and O–H groups in total. The second-order valence-corrected chi connectivity index (χ2v) is 5.63. The zero-order valence-corrected chi connectivity index (χ0v) is 11.2. The molecule has 1 fully saturated rings. The molecule has 1 rings (SSSR count). The number of amides is 1. The fraction of sp³-hybridized carbons (Fsp3) is 0.923. The zero-order chi connectivity index (χ0) is 12.2. The number of likely N-dealkylation sites (tertiary alicyclic amines) is 1. The molecule has 1 amide bonds. The first-order valence-corrected chi connectivity index (χ1v) is 6.44. The summed E-state index contributed by atoms with van der Waals surface area (Å²) < 4.78 is 0. The van der Waals surface area contributed by atoms with E-state index in [1.165, 1.54) is 6.42 Å². The Morgan fingerprint density at radius 1 is 1.44 bits per heavy atom. The maximum atomic E-state index is 12.2. The lowest BCUT2D eigenvalue weighted by Crippen LogP contribution is -2.57. The van der Waals surface area contributed by atoms with E-state index in [1.54, 1.807) is 0 Å². The number of nitrogens with one attached hydrogen (secondary N) is 1. The van der Waals surface area contributed by atoms with Crippen LogP contribution >= 0.6 is 0 Å². The first-order chi connectivity index (χ1) is 7.49. The van der Waals surface area contributed by atoms with Crippen molar-refractivity contribution in [1.29, 1.82) is 0 Å². The molecule has 94 valence electrons. The Labute approximate surface area is 99.6 Å². The first kappa shape index (κ1) is 13.5. The van der Waals surface area contributed by atoms with Gasteiger partial charge in [0.15, 0.2) is 0 Å². The molecule has 0 bridgehead atoms. The average molecular weight is 226 g/mol. The van der Waals surface area contributed by atoms with Crippen LogP contribution < -0.4 is 5.32 Å². The van der Waals surface area contributed by atoms with Gasteiger partial charge >= 0.3 is 0 Å². The average Bonchev–Trinajstić information content (AvgIpc) is 2.16. The van der Waals surface area contributed by atoms with Crippen molar-refractivity contribution >= 4 is 5.91 Å². The SMILES string of the molecule is CNCC1(C)CCCCN1C(=O)CC(C)C. The van der Waals surface area contributed by atoms with Crippen molar-refractivity contribution in [3.63, 3.8) is 0 Å². The second kappa shape index (κ2) is 5.67. The van der Waals surface area contributed by atoms with Crippen LogP contribution in [0.2, 0.25) is 0 Å². The van der Waals surface area contributed by atoms with Gasteiger partial charge in [0.1, 0.15) is 0 Å². The van der Waals surface area contributed by atoms with Gasteiger partial charge in [-0.2, -0.15) is 0 Å². The van der Waals surface area contributed by atoms with Crippen molar-refractivity contribution in [2.45, 2.75) is 52.0 Å². The van der Waals surface area contributed by atoms with Gasteiger partial charge in [-0.05, 0) is 39.2 Å². The molecule has 1 aliphatic rings. The Kier molecular flexibility index (Phi) is 4.78. The number of piperidine rings is 1. The van der Waals surface area contributed by atoms with Crippen molar-refractivity contribution < 1.29 is 4.79 Å². The van der Waals surface area contributed by atoms with Crippen molar-refractivity contribution in [3.8, 4) is 0 Å². The maximum Gasteiger partial charge on any atom is 0.223 e. The van der Waals surface area contributed by atoms with Crippen LogP contribution in [-0.4, -0.2) is 36.5 Å². The van der Waals surface area contributed by atoms with Crippen molar-refractivity contribution in [2.75, 3.05) is 20.1 Å². The molecule has 0 aromatic heterocycles. The highest BCUT2D eigenvalue weighted by molar-refractivity contribution is 5.77. The largest absolute Gasteiger partial charge is 0.336 e. The molecular formula is C13H26N2O. The number of hydrogen-bond acceptors (Lipinski definition) is 2. The van der Waals surface area contributed by atoms with Gasteiger partial charge in [0.25, 0.3) is 0 Å². The standard InChI is InChI=1S/C13H26N2O/c1-11(2)9-12(16)15-8-6-5-7-13(15,3)10-14-4/h11,14H,5-10H2,1-4H3. The Morgan fingerprint density at radius 3 is 2.69 bits per heavy atom. The molecule has 0 spiro atoms. The summed E-state index contributed by atoms with van der Waals surface area (Å²) >= 11 is 0. The van der Waals surface area contributed by atoms with Gasteiger partial charge in [0.2, 0.25) is 5.91 Å². The highest BCUT2D eigenvalue weighted by atomic mass is 16.2. The molecule has 0 saturated carbocycles. The monoisotopic (exact) mass is 226 g/mol. The lowest BCUT2D eigenvalue weighted by molar-refractivity contribution is -0.139. The summed E-state index contributed by atoms with van der Waals surface area (Å²) in [4.78, 5) is 14.3. The molecule has 0 radical (unpaired) electrons. The van der Waals surface area contributed by atoms with E-state index in [0.29, 0.717) is 18.2 Å². The van der Waals surface area contributed by atoms with Gasteiger partial charge in [-0.25, -0.2) is 0 Å². The van der Waals surface area contributed by atoms with Gasteiger partial charge in [-0.1, -0.05) is 13.8 Å². The van der Waals surface area contributed by atoms with Gasteiger partial charge in [-0.15, -0.1) is 0 Å². The molecule has 1 aliphatic heterocycles. The molecule has 0 aromatic rings. The summed E-state index contributed by atoms with van der Waals surface area (Å²) in [5, 5.41) is 3.22. The molecular weight excluding hydrogens is 200 g/mol. The number of rotatable bonds is 4. The molecule has 1 atom stereocenters. The number of hydrogen-bond donors (Lipinski definition) is 1. The summed E-state index contributed by atoms with van der Waals surface area (Å²) in [5.41, 5.74) is 0.0268. The third-order valence-electron chi connectivity index (χ3n) is 3.44. The van der Waals surface area contributed by atoms with Crippen molar-refractivity contribution in [3.05, 3.63) is 0 Å². The summed E-state index contributed by atoms with van der Waals surface area (Å²) in [5.74, 6) is 0.778. The number of carbonyl (C=O) groups is 1. The van der Waals surface area contributed by atoms with Crippen LogP contribution in [-0.2, 0) is 4.79 Å². The van der Waals surface area contributed by atoms with E-state index in [2.05, 4.69) is 31.0 Å². The maximum absolute atomic E-state index is 12.2. The van der Waals surface area contributed by atoms with E-state index in [0.717, 1.165) is 25.9 Å². The predicted molar refractivity (Wildman–Crippen MR) is 67.4 cm³/mol. The normalized spacial score (nSPS) is 26.2. The molecule has 0 aliphatic carbocycles. The van der Waals surface area contributed by atoms with E-state index in [9.17, 15) is 4.79 Å². The summed E-state index contributed by atoms with van der Waals surface area (Å²) in [6.07, 6.45) is 4.20. The minimum absolute atomic E-state index is 0.0268. The molecule has 1 unspecified atom stereocenters. The fourth-order valence-corrected chi connectivity index (χ4v) is 2.63. The first-order valence-electron chi connectivity index (χ1n) is 6.44. The third-order valence-corrected chi connectivity index (χ3v) is 3.44. The van der Waals surface area contributed by atoms with Crippen LogP contribution in [0.3, 0.4) is 0 Å².